The minimum Gasteiger partial charge on any atom is -0.395 e. The Labute approximate surface area is 96.9 Å². The zero-order valence-corrected chi connectivity index (χ0v) is 9.97. The van der Waals surface area contributed by atoms with Gasteiger partial charge in [-0.1, -0.05) is 19.3 Å². The smallest absolute Gasteiger partial charge is 0.205 e. The SMILES string of the molecule is Cn1ccnc1N(CCO)C1CCCCC1. The summed E-state index contributed by atoms with van der Waals surface area (Å²) < 4.78 is 2.03. The highest BCUT2D eigenvalue weighted by atomic mass is 16.3. The summed E-state index contributed by atoms with van der Waals surface area (Å²) in [4.78, 5) is 6.65. The van der Waals surface area contributed by atoms with Crippen LogP contribution in [0, 0.1) is 0 Å². The van der Waals surface area contributed by atoms with E-state index < -0.39 is 0 Å². The van der Waals surface area contributed by atoms with Gasteiger partial charge in [0, 0.05) is 32.0 Å². The maximum absolute atomic E-state index is 9.18. The highest BCUT2D eigenvalue weighted by molar-refractivity contribution is 5.33. The third kappa shape index (κ3) is 2.38. The van der Waals surface area contributed by atoms with Gasteiger partial charge in [0.25, 0.3) is 0 Å². The van der Waals surface area contributed by atoms with Gasteiger partial charge in [0.1, 0.15) is 0 Å². The number of aliphatic hydroxyl groups excluding tert-OH is 1. The molecule has 1 N–H and O–H groups in total. The van der Waals surface area contributed by atoms with E-state index in [-0.39, 0.29) is 6.61 Å². The number of aryl methyl sites for hydroxylation is 1. The van der Waals surface area contributed by atoms with Crippen molar-refractivity contribution in [1.29, 1.82) is 0 Å². The molecule has 0 saturated heterocycles. The van der Waals surface area contributed by atoms with Gasteiger partial charge in [-0.2, -0.15) is 0 Å². The third-order valence-corrected chi connectivity index (χ3v) is 3.41. The monoisotopic (exact) mass is 223 g/mol. The largest absolute Gasteiger partial charge is 0.395 e. The van der Waals surface area contributed by atoms with Crippen molar-refractivity contribution in [2.24, 2.45) is 7.05 Å². The summed E-state index contributed by atoms with van der Waals surface area (Å²) in [5.41, 5.74) is 0. The van der Waals surface area contributed by atoms with Crippen LogP contribution in [0.25, 0.3) is 0 Å². The van der Waals surface area contributed by atoms with Crippen LogP contribution in [0.2, 0.25) is 0 Å². The van der Waals surface area contributed by atoms with Crippen molar-refractivity contribution >= 4 is 5.95 Å². The molecule has 0 radical (unpaired) electrons. The van der Waals surface area contributed by atoms with Gasteiger partial charge < -0.3 is 14.6 Å². The van der Waals surface area contributed by atoms with E-state index in [2.05, 4.69) is 9.88 Å². The number of hydrogen-bond acceptors (Lipinski definition) is 3. The van der Waals surface area contributed by atoms with E-state index in [0.717, 1.165) is 5.95 Å². The molecular weight excluding hydrogens is 202 g/mol. The molecule has 4 heteroatoms. The predicted octanol–water partition coefficient (Wildman–Crippen LogP) is 1.55. The summed E-state index contributed by atoms with van der Waals surface area (Å²) in [6.07, 6.45) is 10.2. The second-order valence-corrected chi connectivity index (χ2v) is 4.55. The number of imidazole rings is 1. The lowest BCUT2D eigenvalue weighted by molar-refractivity contribution is 0.288. The topological polar surface area (TPSA) is 41.3 Å². The quantitative estimate of drug-likeness (QED) is 0.842. The Hall–Kier alpha value is -1.03. The van der Waals surface area contributed by atoms with Crippen LogP contribution in [-0.2, 0) is 7.05 Å². The molecule has 0 unspecified atom stereocenters. The predicted molar refractivity (Wildman–Crippen MR) is 64.5 cm³/mol. The maximum Gasteiger partial charge on any atom is 0.205 e. The summed E-state index contributed by atoms with van der Waals surface area (Å²) in [5, 5.41) is 9.18. The van der Waals surface area contributed by atoms with Gasteiger partial charge in [-0.05, 0) is 12.8 Å². The fraction of sp³-hybridized carbons (Fsp3) is 0.750. The van der Waals surface area contributed by atoms with E-state index in [0.29, 0.717) is 12.6 Å². The minimum absolute atomic E-state index is 0.198. The number of hydrogen-bond donors (Lipinski definition) is 1. The Morgan fingerprint density at radius 3 is 2.75 bits per heavy atom. The van der Waals surface area contributed by atoms with Crippen LogP contribution in [0.5, 0.6) is 0 Å². The molecule has 0 atom stereocenters. The molecule has 1 aromatic rings. The second-order valence-electron chi connectivity index (χ2n) is 4.55. The number of aliphatic hydroxyl groups is 1. The van der Waals surface area contributed by atoms with Crippen molar-refractivity contribution in [2.75, 3.05) is 18.1 Å². The van der Waals surface area contributed by atoms with Gasteiger partial charge in [0.05, 0.1) is 6.61 Å². The van der Waals surface area contributed by atoms with E-state index in [1.807, 2.05) is 24.0 Å². The normalized spacial score (nSPS) is 17.6. The van der Waals surface area contributed by atoms with E-state index in [4.69, 9.17) is 0 Å². The second kappa shape index (κ2) is 5.34. The van der Waals surface area contributed by atoms with Crippen molar-refractivity contribution in [3.05, 3.63) is 12.4 Å². The number of aromatic nitrogens is 2. The van der Waals surface area contributed by atoms with Crippen molar-refractivity contribution in [1.82, 2.24) is 9.55 Å². The Morgan fingerprint density at radius 2 is 2.19 bits per heavy atom. The average Bonchev–Trinajstić information content (AvgIpc) is 2.73. The van der Waals surface area contributed by atoms with Crippen molar-refractivity contribution in [2.45, 2.75) is 38.1 Å². The molecule has 2 rings (SSSR count). The van der Waals surface area contributed by atoms with Crippen molar-refractivity contribution in [3.63, 3.8) is 0 Å². The lowest BCUT2D eigenvalue weighted by Crippen LogP contribution is -2.40. The molecule has 0 spiro atoms. The highest BCUT2D eigenvalue weighted by Crippen LogP contribution is 2.25. The molecule has 90 valence electrons. The number of anilines is 1. The first-order chi connectivity index (χ1) is 7.83. The van der Waals surface area contributed by atoms with Crippen LogP contribution in [0.4, 0.5) is 5.95 Å². The van der Waals surface area contributed by atoms with Crippen LogP contribution in [0.3, 0.4) is 0 Å². The molecule has 1 aromatic heterocycles. The average molecular weight is 223 g/mol. The number of nitrogens with zero attached hydrogens (tertiary/aromatic N) is 3. The Morgan fingerprint density at radius 1 is 1.44 bits per heavy atom. The molecule has 0 amide bonds. The van der Waals surface area contributed by atoms with E-state index >= 15 is 0 Å². The summed E-state index contributed by atoms with van der Waals surface area (Å²) in [6.45, 7) is 0.888. The lowest BCUT2D eigenvalue weighted by atomic mass is 9.94. The van der Waals surface area contributed by atoms with Gasteiger partial charge in [-0.25, -0.2) is 4.98 Å². The zero-order valence-electron chi connectivity index (χ0n) is 9.97. The van der Waals surface area contributed by atoms with Gasteiger partial charge >= 0.3 is 0 Å². The number of rotatable bonds is 4. The standard InChI is InChI=1S/C12H21N3O/c1-14-8-7-13-12(14)15(9-10-16)11-5-3-2-4-6-11/h7-8,11,16H,2-6,9-10H2,1H3. The molecule has 16 heavy (non-hydrogen) atoms. The highest BCUT2D eigenvalue weighted by Gasteiger charge is 2.23. The van der Waals surface area contributed by atoms with Crippen LogP contribution in [0.15, 0.2) is 12.4 Å². The summed E-state index contributed by atoms with van der Waals surface area (Å²) in [6, 6.07) is 0.557. The molecule has 4 nitrogen and oxygen atoms in total. The van der Waals surface area contributed by atoms with E-state index in [1.54, 1.807) is 0 Å². The fourth-order valence-electron chi connectivity index (χ4n) is 2.58. The first-order valence-corrected chi connectivity index (χ1v) is 6.17. The Bertz CT molecular complexity index is 318. The van der Waals surface area contributed by atoms with Gasteiger partial charge in [0.15, 0.2) is 0 Å². The molecular formula is C12H21N3O. The molecule has 1 fully saturated rings. The summed E-state index contributed by atoms with van der Waals surface area (Å²) in [5.74, 6) is 0.987. The molecule has 1 heterocycles. The maximum atomic E-state index is 9.18. The van der Waals surface area contributed by atoms with Crippen LogP contribution >= 0.6 is 0 Å². The Balaban J connectivity index is 2.12. The first-order valence-electron chi connectivity index (χ1n) is 6.17. The van der Waals surface area contributed by atoms with Crippen molar-refractivity contribution < 1.29 is 5.11 Å². The van der Waals surface area contributed by atoms with E-state index in [9.17, 15) is 5.11 Å². The molecule has 1 aliphatic carbocycles. The van der Waals surface area contributed by atoms with Crippen LogP contribution < -0.4 is 4.90 Å². The van der Waals surface area contributed by atoms with Gasteiger partial charge in [-0.15, -0.1) is 0 Å². The lowest BCUT2D eigenvalue weighted by Gasteiger charge is -2.34. The van der Waals surface area contributed by atoms with Gasteiger partial charge in [0.2, 0.25) is 5.95 Å². The molecule has 0 bridgehead atoms. The summed E-state index contributed by atoms with van der Waals surface area (Å²) >= 11 is 0. The molecule has 1 aliphatic rings. The van der Waals surface area contributed by atoms with E-state index in [1.165, 1.54) is 32.1 Å². The van der Waals surface area contributed by atoms with Crippen LogP contribution in [-0.4, -0.2) is 33.9 Å². The third-order valence-electron chi connectivity index (χ3n) is 3.41. The zero-order chi connectivity index (χ0) is 11.4. The fourth-order valence-corrected chi connectivity index (χ4v) is 2.58. The first kappa shape index (κ1) is 11.5. The minimum atomic E-state index is 0.198. The van der Waals surface area contributed by atoms with Crippen molar-refractivity contribution in [3.8, 4) is 0 Å². The van der Waals surface area contributed by atoms with Crippen LogP contribution in [0.1, 0.15) is 32.1 Å². The molecule has 0 aliphatic heterocycles. The van der Waals surface area contributed by atoms with Gasteiger partial charge in [-0.3, -0.25) is 0 Å². The molecule has 1 saturated carbocycles. The Kier molecular flexibility index (Phi) is 3.83. The molecule has 0 aromatic carbocycles. The summed E-state index contributed by atoms with van der Waals surface area (Å²) in [7, 11) is 2.01.